The highest BCUT2D eigenvalue weighted by Gasteiger charge is 2.29. The van der Waals surface area contributed by atoms with Crippen LogP contribution in [0.5, 0.6) is 5.88 Å². The number of carbonyl (C=O) groups is 1. The third-order valence-electron chi connectivity index (χ3n) is 4.99. The van der Waals surface area contributed by atoms with E-state index in [1.165, 1.54) is 23.2 Å². The Morgan fingerprint density at radius 1 is 1.17 bits per heavy atom. The van der Waals surface area contributed by atoms with Gasteiger partial charge in [-0.1, -0.05) is 0 Å². The Bertz CT molecular complexity index is 1370. The summed E-state index contributed by atoms with van der Waals surface area (Å²) in [5, 5.41) is 8.19. The van der Waals surface area contributed by atoms with Crippen LogP contribution in [0.4, 0.5) is 19.0 Å². The molecule has 1 amide bonds. The molecule has 0 spiro atoms. The number of hydrogen-bond donors (Lipinski definition) is 1. The van der Waals surface area contributed by atoms with Gasteiger partial charge in [0.2, 0.25) is 5.88 Å². The van der Waals surface area contributed by atoms with Crippen LogP contribution in [0.3, 0.4) is 0 Å². The zero-order chi connectivity index (χ0) is 25.9. The van der Waals surface area contributed by atoms with Gasteiger partial charge < -0.3 is 15.4 Å². The largest absolute Gasteiger partial charge is 0.467 e. The van der Waals surface area contributed by atoms with Crippen molar-refractivity contribution in [3.63, 3.8) is 0 Å². The van der Waals surface area contributed by atoms with Crippen LogP contribution in [-0.4, -0.2) is 53.7 Å². The lowest BCUT2D eigenvalue weighted by Crippen LogP contribution is -2.34. The molecule has 2 N–H and O–H groups in total. The van der Waals surface area contributed by atoms with Crippen LogP contribution < -0.4 is 10.5 Å². The summed E-state index contributed by atoms with van der Waals surface area (Å²) in [6.07, 6.45) is -0.00569. The average Bonchev–Trinajstić information content (AvgIpc) is 2.86. The number of fused-ring (bicyclic) bond motifs is 1. The fraction of sp³-hybridized carbons (Fsp3) is 0.227. The summed E-state index contributed by atoms with van der Waals surface area (Å²) in [5.74, 6) is -0.0392. The molecule has 14 heteroatoms. The Hall–Kier alpha value is -3.94. The maximum absolute atomic E-state index is 13.6. The normalized spacial score (nSPS) is 12.4. The molecule has 4 heterocycles. The van der Waals surface area contributed by atoms with Gasteiger partial charge in [-0.25, -0.2) is 19.9 Å². The molecule has 0 saturated heterocycles. The fourth-order valence-electron chi connectivity index (χ4n) is 3.22. The fourth-order valence-corrected chi connectivity index (χ4v) is 3.56. The third-order valence-corrected chi connectivity index (χ3v) is 5.63. The first kappa shape index (κ1) is 25.2. The Balaban J connectivity index is 1.63. The predicted octanol–water partition coefficient (Wildman–Crippen LogP) is 3.90. The van der Waals surface area contributed by atoms with E-state index in [1.807, 2.05) is 0 Å². The van der Waals surface area contributed by atoms with Crippen molar-refractivity contribution >= 4 is 38.7 Å². The third kappa shape index (κ3) is 6.00. The molecule has 0 aliphatic rings. The van der Waals surface area contributed by atoms with Crippen molar-refractivity contribution in [3.8, 4) is 5.88 Å². The topological polar surface area (TPSA) is 133 Å². The van der Waals surface area contributed by atoms with E-state index in [0.717, 1.165) is 0 Å². The van der Waals surface area contributed by atoms with Crippen molar-refractivity contribution in [2.75, 3.05) is 12.3 Å². The van der Waals surface area contributed by atoms with Crippen LogP contribution in [-0.2, 0) is 6.54 Å². The number of carbonyl (C=O) groups excluding carboxylic acids is 1. The summed E-state index contributed by atoms with van der Waals surface area (Å²) in [6, 6.07) is 7.09. The summed E-state index contributed by atoms with van der Waals surface area (Å²) in [6.45, 7) is 0.223. The molecule has 0 aromatic carbocycles. The molecule has 4 rings (SSSR count). The molecule has 0 radical (unpaired) electrons. The molecule has 186 valence electrons. The SMILES string of the molecule is C[C@H](c1ncccn1)N(Cc1ccc(OCC(F)(F)F)nn1)C(=O)c1cnc2nc(N)c(Br)cc2c1. The Morgan fingerprint density at radius 3 is 2.58 bits per heavy atom. The standard InChI is InChI=1S/C22H18BrF3N8O2/c1-12(19-28-5-2-6-29-19)34(10-15-3-4-17(33-32-15)36-11-22(24,25)26)21(35)14-7-13-8-16(23)18(27)31-20(13)30-9-14/h2-9,12H,10-11H2,1H3,(H2,27,30,31)/t12-/m1/s1. The first-order valence-electron chi connectivity index (χ1n) is 10.4. The molecular formula is C22H18BrF3N8O2. The van der Waals surface area contributed by atoms with Gasteiger partial charge in [0.25, 0.3) is 5.91 Å². The molecule has 1 atom stereocenters. The molecule has 0 unspecified atom stereocenters. The maximum Gasteiger partial charge on any atom is 0.422 e. The number of hydrogen-bond acceptors (Lipinski definition) is 9. The summed E-state index contributed by atoms with van der Waals surface area (Å²) in [4.78, 5) is 32.0. The molecule has 0 aliphatic carbocycles. The number of nitrogen functional groups attached to an aromatic ring is 1. The van der Waals surface area contributed by atoms with Crippen LogP contribution >= 0.6 is 15.9 Å². The quantitative estimate of drug-likeness (QED) is 0.356. The van der Waals surface area contributed by atoms with Gasteiger partial charge in [-0.15, -0.1) is 5.10 Å². The van der Waals surface area contributed by atoms with Crippen molar-refractivity contribution < 1.29 is 22.7 Å². The van der Waals surface area contributed by atoms with E-state index < -0.39 is 24.7 Å². The molecule has 0 saturated carbocycles. The van der Waals surface area contributed by atoms with Gasteiger partial charge in [0.15, 0.2) is 12.3 Å². The van der Waals surface area contributed by atoms with Gasteiger partial charge in [0.1, 0.15) is 11.6 Å². The minimum Gasteiger partial charge on any atom is -0.467 e. The second-order valence-electron chi connectivity index (χ2n) is 7.61. The highest BCUT2D eigenvalue weighted by molar-refractivity contribution is 9.10. The minimum atomic E-state index is -4.50. The molecular weight excluding hydrogens is 545 g/mol. The number of rotatable bonds is 7. The number of nitrogens with two attached hydrogens (primary N) is 1. The van der Waals surface area contributed by atoms with Gasteiger partial charge >= 0.3 is 6.18 Å². The smallest absolute Gasteiger partial charge is 0.422 e. The lowest BCUT2D eigenvalue weighted by atomic mass is 10.1. The number of ether oxygens (including phenoxy) is 1. The summed E-state index contributed by atoms with van der Waals surface area (Å²) >= 11 is 3.32. The minimum absolute atomic E-state index is 0.0352. The monoisotopic (exact) mass is 562 g/mol. The Kier molecular flexibility index (Phi) is 7.24. The zero-order valence-corrected chi connectivity index (χ0v) is 20.2. The highest BCUT2D eigenvalue weighted by Crippen LogP contribution is 2.26. The van der Waals surface area contributed by atoms with Gasteiger partial charge in [0, 0.05) is 30.0 Å². The van der Waals surface area contributed by atoms with Crippen molar-refractivity contribution in [1.29, 1.82) is 0 Å². The van der Waals surface area contributed by atoms with Gasteiger partial charge in [-0.3, -0.25) is 4.79 Å². The lowest BCUT2D eigenvalue weighted by molar-refractivity contribution is -0.154. The van der Waals surface area contributed by atoms with Crippen LogP contribution in [0.15, 0.2) is 53.4 Å². The molecule has 0 fully saturated rings. The second-order valence-corrected chi connectivity index (χ2v) is 8.46. The summed E-state index contributed by atoms with van der Waals surface area (Å²) < 4.78 is 42.3. The number of amides is 1. The Labute approximate surface area is 210 Å². The number of anilines is 1. The number of halogens is 4. The van der Waals surface area contributed by atoms with Crippen LogP contribution in [0, 0.1) is 0 Å². The number of nitrogens with zero attached hydrogens (tertiary/aromatic N) is 7. The average molecular weight is 563 g/mol. The molecule has 36 heavy (non-hydrogen) atoms. The van der Waals surface area contributed by atoms with Gasteiger partial charge in [0.05, 0.1) is 28.3 Å². The van der Waals surface area contributed by atoms with E-state index >= 15 is 0 Å². The van der Waals surface area contributed by atoms with Crippen LogP contribution in [0.2, 0.25) is 0 Å². The maximum atomic E-state index is 13.6. The molecule has 10 nitrogen and oxygen atoms in total. The summed E-state index contributed by atoms with van der Waals surface area (Å²) in [7, 11) is 0. The van der Waals surface area contributed by atoms with Gasteiger partial charge in [-0.05, 0) is 47.1 Å². The van der Waals surface area contributed by atoms with Crippen LogP contribution in [0.1, 0.15) is 34.8 Å². The number of alkyl halides is 3. The van der Waals surface area contributed by atoms with E-state index in [1.54, 1.807) is 37.5 Å². The highest BCUT2D eigenvalue weighted by atomic mass is 79.9. The number of pyridine rings is 2. The molecule has 0 bridgehead atoms. The second kappa shape index (κ2) is 10.4. The summed E-state index contributed by atoms with van der Waals surface area (Å²) in [5.41, 5.74) is 6.76. The van der Waals surface area contributed by atoms with Crippen molar-refractivity contribution in [3.05, 3.63) is 70.5 Å². The predicted molar refractivity (Wildman–Crippen MR) is 126 cm³/mol. The Morgan fingerprint density at radius 2 is 1.92 bits per heavy atom. The van der Waals surface area contributed by atoms with E-state index in [4.69, 9.17) is 5.73 Å². The first-order valence-corrected chi connectivity index (χ1v) is 11.2. The van der Waals surface area contributed by atoms with E-state index in [2.05, 4.69) is 50.8 Å². The first-order chi connectivity index (χ1) is 17.1. The number of aromatic nitrogens is 6. The van der Waals surface area contributed by atoms with E-state index in [0.29, 0.717) is 27.0 Å². The lowest BCUT2D eigenvalue weighted by Gasteiger charge is -2.28. The van der Waals surface area contributed by atoms with E-state index in [-0.39, 0.29) is 23.8 Å². The van der Waals surface area contributed by atoms with Crippen molar-refractivity contribution in [2.45, 2.75) is 25.7 Å². The molecule has 4 aromatic heterocycles. The van der Waals surface area contributed by atoms with E-state index in [9.17, 15) is 18.0 Å². The van der Waals surface area contributed by atoms with Gasteiger partial charge in [-0.2, -0.15) is 18.3 Å². The van der Waals surface area contributed by atoms with Crippen molar-refractivity contribution in [1.82, 2.24) is 35.0 Å². The van der Waals surface area contributed by atoms with Crippen molar-refractivity contribution in [2.24, 2.45) is 0 Å². The molecule has 4 aromatic rings. The van der Waals surface area contributed by atoms with Crippen LogP contribution in [0.25, 0.3) is 11.0 Å². The molecule has 0 aliphatic heterocycles. The zero-order valence-electron chi connectivity index (χ0n) is 18.6.